The molecule has 0 aliphatic carbocycles. The number of carbonyl (C=O) groups is 1. The zero-order valence-electron chi connectivity index (χ0n) is 10.2. The third-order valence-corrected chi connectivity index (χ3v) is 3.08. The van der Waals surface area contributed by atoms with Crippen LogP contribution in [-0.2, 0) is 4.74 Å². The standard InChI is InChI=1S/C12H14N2O5/c15-6-9-1-2-11(12(5-9)14(17)18)13-3-4-19-8-10(13)7-16/h1-2,5-6,10,16H,3-4,7-8H2. The molecule has 7 heteroatoms. The van der Waals surface area contributed by atoms with Crippen LogP contribution in [0.25, 0.3) is 0 Å². The van der Waals surface area contributed by atoms with Crippen molar-refractivity contribution in [2.45, 2.75) is 6.04 Å². The summed E-state index contributed by atoms with van der Waals surface area (Å²) in [6, 6.07) is 4.00. The van der Waals surface area contributed by atoms with Crippen molar-refractivity contribution in [3.63, 3.8) is 0 Å². The first-order valence-corrected chi connectivity index (χ1v) is 5.86. The van der Waals surface area contributed by atoms with Gasteiger partial charge in [0.05, 0.1) is 30.8 Å². The Morgan fingerprint density at radius 2 is 2.37 bits per heavy atom. The average molecular weight is 266 g/mol. The van der Waals surface area contributed by atoms with E-state index in [1.807, 2.05) is 0 Å². The fourth-order valence-electron chi connectivity index (χ4n) is 2.13. The summed E-state index contributed by atoms with van der Waals surface area (Å²) in [5.74, 6) is 0. The highest BCUT2D eigenvalue weighted by Crippen LogP contribution is 2.31. The number of hydrogen-bond donors (Lipinski definition) is 1. The number of aliphatic hydroxyl groups excluding tert-OH is 1. The number of aldehydes is 1. The molecular formula is C12H14N2O5. The molecule has 0 radical (unpaired) electrons. The number of anilines is 1. The van der Waals surface area contributed by atoms with E-state index in [1.54, 1.807) is 4.90 Å². The highest BCUT2D eigenvalue weighted by molar-refractivity contribution is 5.79. The van der Waals surface area contributed by atoms with Crippen LogP contribution in [0.4, 0.5) is 11.4 Å². The molecule has 19 heavy (non-hydrogen) atoms. The quantitative estimate of drug-likeness (QED) is 0.487. The monoisotopic (exact) mass is 266 g/mol. The number of hydrogen-bond acceptors (Lipinski definition) is 6. The first kappa shape index (κ1) is 13.4. The van der Waals surface area contributed by atoms with Crippen molar-refractivity contribution in [1.29, 1.82) is 0 Å². The van der Waals surface area contributed by atoms with Gasteiger partial charge in [0.15, 0.2) is 0 Å². The Morgan fingerprint density at radius 1 is 1.58 bits per heavy atom. The van der Waals surface area contributed by atoms with Crippen LogP contribution in [0.1, 0.15) is 10.4 Å². The van der Waals surface area contributed by atoms with Crippen LogP contribution >= 0.6 is 0 Å². The first-order chi connectivity index (χ1) is 9.17. The number of nitrogens with zero attached hydrogens (tertiary/aromatic N) is 2. The third kappa shape index (κ3) is 2.72. The minimum absolute atomic E-state index is 0.134. The van der Waals surface area contributed by atoms with E-state index in [9.17, 15) is 20.0 Å². The molecule has 2 rings (SSSR count). The van der Waals surface area contributed by atoms with Gasteiger partial charge in [-0.3, -0.25) is 14.9 Å². The molecule has 0 spiro atoms. The van der Waals surface area contributed by atoms with Crippen LogP contribution in [0.3, 0.4) is 0 Å². The maximum atomic E-state index is 11.1. The lowest BCUT2D eigenvalue weighted by Crippen LogP contribution is -2.47. The zero-order valence-corrected chi connectivity index (χ0v) is 10.2. The fraction of sp³-hybridized carbons (Fsp3) is 0.417. The van der Waals surface area contributed by atoms with Gasteiger partial charge < -0.3 is 14.7 Å². The van der Waals surface area contributed by atoms with Crippen LogP contribution in [0, 0.1) is 10.1 Å². The Morgan fingerprint density at radius 3 is 3.00 bits per heavy atom. The number of aliphatic hydroxyl groups is 1. The van der Waals surface area contributed by atoms with Gasteiger partial charge in [-0.15, -0.1) is 0 Å². The van der Waals surface area contributed by atoms with Crippen molar-refractivity contribution in [2.75, 3.05) is 31.3 Å². The van der Waals surface area contributed by atoms with E-state index in [1.165, 1.54) is 18.2 Å². The number of rotatable bonds is 4. The van der Waals surface area contributed by atoms with Crippen LogP contribution in [0.5, 0.6) is 0 Å². The lowest BCUT2D eigenvalue weighted by atomic mass is 10.1. The van der Waals surface area contributed by atoms with Crippen LogP contribution in [0.15, 0.2) is 18.2 Å². The topological polar surface area (TPSA) is 92.9 Å². The minimum atomic E-state index is -0.522. The van der Waals surface area contributed by atoms with Gasteiger partial charge in [-0.25, -0.2) is 0 Å². The molecule has 1 unspecified atom stereocenters. The fourth-order valence-corrected chi connectivity index (χ4v) is 2.13. The zero-order chi connectivity index (χ0) is 13.8. The van der Waals surface area contributed by atoms with Crippen molar-refractivity contribution in [3.8, 4) is 0 Å². The maximum absolute atomic E-state index is 11.1. The second-order valence-electron chi connectivity index (χ2n) is 4.23. The van der Waals surface area contributed by atoms with E-state index >= 15 is 0 Å². The molecule has 1 aliphatic rings. The number of morpholine rings is 1. The molecule has 1 heterocycles. The smallest absolute Gasteiger partial charge is 0.293 e. The molecule has 1 N–H and O–H groups in total. The largest absolute Gasteiger partial charge is 0.394 e. The maximum Gasteiger partial charge on any atom is 0.293 e. The number of carbonyl (C=O) groups excluding carboxylic acids is 1. The second kappa shape index (κ2) is 5.77. The molecule has 0 bridgehead atoms. The van der Waals surface area contributed by atoms with E-state index in [2.05, 4.69) is 0 Å². The Balaban J connectivity index is 2.42. The Bertz CT molecular complexity index is 491. The molecule has 1 aromatic carbocycles. The van der Waals surface area contributed by atoms with E-state index < -0.39 is 4.92 Å². The second-order valence-corrected chi connectivity index (χ2v) is 4.23. The summed E-state index contributed by atoms with van der Waals surface area (Å²) < 4.78 is 5.24. The van der Waals surface area contributed by atoms with Gasteiger partial charge in [-0.1, -0.05) is 0 Å². The number of ether oxygens (including phenoxy) is 1. The van der Waals surface area contributed by atoms with Crippen LogP contribution < -0.4 is 4.90 Å². The lowest BCUT2D eigenvalue weighted by molar-refractivity contribution is -0.384. The van der Waals surface area contributed by atoms with Crippen molar-refractivity contribution in [1.82, 2.24) is 0 Å². The summed E-state index contributed by atoms with van der Waals surface area (Å²) in [7, 11) is 0. The highest BCUT2D eigenvalue weighted by atomic mass is 16.6. The van der Waals surface area contributed by atoms with E-state index in [4.69, 9.17) is 4.74 Å². The van der Waals surface area contributed by atoms with Gasteiger partial charge in [0.1, 0.15) is 12.0 Å². The molecule has 102 valence electrons. The van der Waals surface area contributed by atoms with Crippen LogP contribution in [-0.4, -0.2) is 48.7 Å². The van der Waals surface area contributed by atoms with Crippen molar-refractivity contribution in [3.05, 3.63) is 33.9 Å². The normalized spacial score (nSPS) is 19.2. The van der Waals surface area contributed by atoms with Gasteiger partial charge in [-0.05, 0) is 12.1 Å². The highest BCUT2D eigenvalue weighted by Gasteiger charge is 2.28. The molecule has 1 aliphatic heterocycles. The van der Waals surface area contributed by atoms with Crippen molar-refractivity contribution < 1.29 is 19.6 Å². The summed E-state index contributed by atoms with van der Waals surface area (Å²) >= 11 is 0. The lowest BCUT2D eigenvalue weighted by Gasteiger charge is -2.35. The molecule has 1 saturated heterocycles. The van der Waals surface area contributed by atoms with E-state index in [0.29, 0.717) is 31.7 Å². The molecule has 0 saturated carbocycles. The van der Waals surface area contributed by atoms with E-state index in [0.717, 1.165) is 0 Å². The molecule has 1 aromatic rings. The number of nitro benzene ring substituents is 1. The first-order valence-electron chi connectivity index (χ1n) is 5.86. The van der Waals surface area contributed by atoms with Gasteiger partial charge in [0.2, 0.25) is 0 Å². The number of nitro groups is 1. The average Bonchev–Trinajstić information content (AvgIpc) is 2.46. The molecule has 0 amide bonds. The SMILES string of the molecule is O=Cc1ccc(N2CCOCC2CO)c([N+](=O)[O-])c1. The third-order valence-electron chi connectivity index (χ3n) is 3.08. The summed E-state index contributed by atoms with van der Waals surface area (Å²) in [6.07, 6.45) is 0.569. The van der Waals surface area contributed by atoms with E-state index in [-0.39, 0.29) is 23.9 Å². The molecule has 0 aromatic heterocycles. The Hall–Kier alpha value is -1.99. The predicted octanol–water partition coefficient (Wildman–Crippen LogP) is 0.605. The van der Waals surface area contributed by atoms with Gasteiger partial charge >= 0.3 is 0 Å². The van der Waals surface area contributed by atoms with Gasteiger partial charge in [0, 0.05) is 18.2 Å². The molecule has 1 fully saturated rings. The van der Waals surface area contributed by atoms with Crippen molar-refractivity contribution >= 4 is 17.7 Å². The number of benzene rings is 1. The summed E-state index contributed by atoms with van der Waals surface area (Å²) in [5, 5.41) is 20.4. The summed E-state index contributed by atoms with van der Waals surface area (Å²) in [6.45, 7) is 1.09. The Labute approximate surface area is 109 Å². The molecular weight excluding hydrogens is 252 g/mol. The predicted molar refractivity (Wildman–Crippen MR) is 67.5 cm³/mol. The van der Waals surface area contributed by atoms with Gasteiger partial charge in [0.25, 0.3) is 5.69 Å². The van der Waals surface area contributed by atoms with Crippen LogP contribution in [0.2, 0.25) is 0 Å². The molecule has 1 atom stereocenters. The van der Waals surface area contributed by atoms with Crippen molar-refractivity contribution in [2.24, 2.45) is 0 Å². The molecule has 7 nitrogen and oxygen atoms in total. The Kier molecular flexibility index (Phi) is 4.08. The summed E-state index contributed by atoms with van der Waals surface area (Å²) in [4.78, 5) is 23.0. The summed E-state index contributed by atoms with van der Waals surface area (Å²) in [5.41, 5.74) is 0.521. The minimum Gasteiger partial charge on any atom is -0.394 e. The van der Waals surface area contributed by atoms with Gasteiger partial charge in [-0.2, -0.15) is 0 Å².